The van der Waals surface area contributed by atoms with Gasteiger partial charge < -0.3 is 16.2 Å². The highest BCUT2D eigenvalue weighted by atomic mass is 32.2. The number of thioether (sulfide) groups is 1. The molecule has 15 heavy (non-hydrogen) atoms. The third kappa shape index (κ3) is 6.78. The van der Waals surface area contributed by atoms with Crippen LogP contribution in [0.15, 0.2) is 0 Å². The van der Waals surface area contributed by atoms with E-state index in [9.17, 15) is 14.4 Å². The minimum atomic E-state index is -1.16. The Morgan fingerprint density at radius 1 is 1.47 bits per heavy atom. The molecule has 0 aromatic rings. The maximum atomic E-state index is 11.1. The van der Waals surface area contributed by atoms with Crippen LogP contribution < -0.4 is 11.1 Å². The van der Waals surface area contributed by atoms with Gasteiger partial charge in [0.25, 0.3) is 0 Å². The number of rotatable bonds is 7. The van der Waals surface area contributed by atoms with Crippen molar-refractivity contribution in [3.8, 4) is 0 Å². The smallest absolute Gasteiger partial charge is 0.326 e. The number of carboxylic acids is 1. The van der Waals surface area contributed by atoms with Crippen LogP contribution in [-0.2, 0) is 14.4 Å². The second-order valence-corrected chi connectivity index (χ2v) is 3.76. The fraction of sp³-hybridized carbons (Fsp3) is 0.625. The molecule has 0 aliphatic heterocycles. The number of aliphatic carboxylic acids is 1. The van der Waals surface area contributed by atoms with Gasteiger partial charge in [0.2, 0.25) is 11.8 Å². The summed E-state index contributed by atoms with van der Waals surface area (Å²) in [5.41, 5.74) is 4.88. The molecule has 0 radical (unpaired) electrons. The van der Waals surface area contributed by atoms with Crippen molar-refractivity contribution in [1.29, 1.82) is 0 Å². The van der Waals surface area contributed by atoms with E-state index >= 15 is 0 Å². The first-order chi connectivity index (χ1) is 6.97. The minimum Gasteiger partial charge on any atom is -0.480 e. The molecule has 86 valence electrons. The molecule has 6 nitrogen and oxygen atoms in total. The zero-order valence-electron chi connectivity index (χ0n) is 8.36. The van der Waals surface area contributed by atoms with E-state index in [4.69, 9.17) is 10.8 Å². The van der Waals surface area contributed by atoms with Crippen molar-refractivity contribution in [1.82, 2.24) is 5.32 Å². The van der Waals surface area contributed by atoms with Crippen LogP contribution in [0.5, 0.6) is 0 Å². The zero-order chi connectivity index (χ0) is 11.8. The van der Waals surface area contributed by atoms with Crippen LogP contribution in [-0.4, -0.2) is 40.9 Å². The number of carbonyl (C=O) groups excluding carboxylic acids is 2. The normalized spacial score (nSPS) is 11.8. The van der Waals surface area contributed by atoms with Crippen LogP contribution in [0, 0.1) is 0 Å². The fourth-order valence-electron chi connectivity index (χ4n) is 0.911. The summed E-state index contributed by atoms with van der Waals surface area (Å²) in [5, 5.41) is 11.0. The van der Waals surface area contributed by atoms with E-state index in [1.165, 1.54) is 11.8 Å². The molecule has 0 heterocycles. The molecule has 0 fully saturated rings. The average Bonchev–Trinajstić information content (AvgIpc) is 2.11. The fourth-order valence-corrected chi connectivity index (χ4v) is 1.26. The maximum Gasteiger partial charge on any atom is 0.326 e. The molecule has 4 N–H and O–H groups in total. The summed E-state index contributed by atoms with van der Waals surface area (Å²) in [6.07, 6.45) is 1.69. The predicted octanol–water partition coefficient (Wildman–Crippen LogP) is -0.816. The Morgan fingerprint density at radius 3 is 2.47 bits per heavy atom. The highest BCUT2D eigenvalue weighted by Crippen LogP contribution is 1.99. The van der Waals surface area contributed by atoms with Crippen molar-refractivity contribution < 1.29 is 19.5 Å². The number of hydrogen-bond acceptors (Lipinski definition) is 4. The summed E-state index contributed by atoms with van der Waals surface area (Å²) in [7, 11) is 0. The number of nitrogens with one attached hydrogen (secondary N) is 1. The highest BCUT2D eigenvalue weighted by molar-refractivity contribution is 7.99. The molecule has 0 aromatic heterocycles. The highest BCUT2D eigenvalue weighted by Gasteiger charge is 2.19. The first kappa shape index (κ1) is 13.8. The molecule has 0 aliphatic rings. The molecular weight excluding hydrogens is 220 g/mol. The molecular formula is C8H14N2O4S. The van der Waals surface area contributed by atoms with Crippen LogP contribution in [0.3, 0.4) is 0 Å². The second kappa shape index (κ2) is 7.10. The monoisotopic (exact) mass is 234 g/mol. The van der Waals surface area contributed by atoms with Gasteiger partial charge in [-0.1, -0.05) is 0 Å². The molecule has 1 atom stereocenters. The van der Waals surface area contributed by atoms with Gasteiger partial charge in [-0.3, -0.25) is 9.59 Å². The van der Waals surface area contributed by atoms with E-state index in [-0.39, 0.29) is 24.5 Å². The first-order valence-electron chi connectivity index (χ1n) is 4.26. The summed E-state index contributed by atoms with van der Waals surface area (Å²) in [6.45, 7) is 0. The van der Waals surface area contributed by atoms with E-state index in [1.54, 1.807) is 6.26 Å². The van der Waals surface area contributed by atoms with Gasteiger partial charge in [0.05, 0.1) is 5.75 Å². The summed E-state index contributed by atoms with van der Waals surface area (Å²) in [6, 6.07) is -1.04. The summed E-state index contributed by atoms with van der Waals surface area (Å²) < 4.78 is 0. The van der Waals surface area contributed by atoms with Gasteiger partial charge in [-0.25, -0.2) is 4.79 Å². The van der Waals surface area contributed by atoms with Gasteiger partial charge in [-0.05, 0) is 12.7 Å². The van der Waals surface area contributed by atoms with E-state index in [0.29, 0.717) is 0 Å². The zero-order valence-corrected chi connectivity index (χ0v) is 9.17. The van der Waals surface area contributed by atoms with Gasteiger partial charge in [-0.15, -0.1) is 0 Å². The molecule has 0 saturated heterocycles. The van der Waals surface area contributed by atoms with Crippen molar-refractivity contribution in [2.75, 3.05) is 12.0 Å². The van der Waals surface area contributed by atoms with E-state index in [2.05, 4.69) is 5.32 Å². The van der Waals surface area contributed by atoms with Crippen LogP contribution in [0.2, 0.25) is 0 Å². The summed E-state index contributed by atoms with van der Waals surface area (Å²) in [4.78, 5) is 32.2. The van der Waals surface area contributed by atoms with Crippen molar-refractivity contribution in [2.45, 2.75) is 18.9 Å². The molecule has 0 bridgehead atoms. The van der Waals surface area contributed by atoms with Gasteiger partial charge in [-0.2, -0.15) is 11.8 Å². The van der Waals surface area contributed by atoms with E-state index in [1.807, 2.05) is 0 Å². The Balaban J connectivity index is 4.10. The lowest BCUT2D eigenvalue weighted by Gasteiger charge is -2.12. The third-order valence-electron chi connectivity index (χ3n) is 1.59. The molecule has 0 spiro atoms. The first-order valence-corrected chi connectivity index (χ1v) is 5.66. The lowest BCUT2D eigenvalue weighted by atomic mass is 10.1. The SMILES string of the molecule is CSCC(=O)N[C@H](CCC(N)=O)C(=O)O. The van der Waals surface area contributed by atoms with Crippen molar-refractivity contribution in [3.63, 3.8) is 0 Å². The predicted molar refractivity (Wildman–Crippen MR) is 56.4 cm³/mol. The van der Waals surface area contributed by atoms with Gasteiger partial charge >= 0.3 is 5.97 Å². The largest absolute Gasteiger partial charge is 0.480 e. The minimum absolute atomic E-state index is 0.0186. The Morgan fingerprint density at radius 2 is 2.07 bits per heavy atom. The van der Waals surface area contributed by atoms with Crippen LogP contribution in [0.25, 0.3) is 0 Å². The topological polar surface area (TPSA) is 109 Å². The van der Waals surface area contributed by atoms with Crippen molar-refractivity contribution >= 4 is 29.5 Å². The lowest BCUT2D eigenvalue weighted by Crippen LogP contribution is -2.42. The molecule has 2 amide bonds. The molecule has 0 unspecified atom stereocenters. The Kier molecular flexibility index (Phi) is 6.52. The van der Waals surface area contributed by atoms with E-state index < -0.39 is 17.9 Å². The number of primary amides is 1. The van der Waals surface area contributed by atoms with Crippen LogP contribution in [0.1, 0.15) is 12.8 Å². The quantitative estimate of drug-likeness (QED) is 0.533. The van der Waals surface area contributed by atoms with Gasteiger partial charge in [0.15, 0.2) is 0 Å². The summed E-state index contributed by atoms with van der Waals surface area (Å²) in [5.74, 6) is -1.91. The Hall–Kier alpha value is -1.24. The Bertz CT molecular complexity index is 257. The maximum absolute atomic E-state index is 11.1. The van der Waals surface area contributed by atoms with Gasteiger partial charge in [0, 0.05) is 6.42 Å². The molecule has 7 heteroatoms. The number of nitrogens with two attached hydrogens (primary N) is 1. The van der Waals surface area contributed by atoms with Gasteiger partial charge in [0.1, 0.15) is 6.04 Å². The molecule has 0 aliphatic carbocycles. The third-order valence-corrected chi connectivity index (χ3v) is 2.14. The van der Waals surface area contributed by atoms with E-state index in [0.717, 1.165) is 0 Å². The van der Waals surface area contributed by atoms with Crippen LogP contribution >= 0.6 is 11.8 Å². The number of carboxylic acid groups (broad SMARTS) is 1. The van der Waals surface area contributed by atoms with Crippen LogP contribution in [0.4, 0.5) is 0 Å². The molecule has 0 saturated carbocycles. The molecule has 0 aromatic carbocycles. The van der Waals surface area contributed by atoms with Crippen molar-refractivity contribution in [3.05, 3.63) is 0 Å². The second-order valence-electron chi connectivity index (χ2n) is 2.90. The number of hydrogen-bond donors (Lipinski definition) is 3. The average molecular weight is 234 g/mol. The molecule has 0 rings (SSSR count). The number of amides is 2. The van der Waals surface area contributed by atoms with Crippen molar-refractivity contribution in [2.24, 2.45) is 5.73 Å². The lowest BCUT2D eigenvalue weighted by molar-refractivity contribution is -0.141. The summed E-state index contributed by atoms with van der Waals surface area (Å²) >= 11 is 1.29. The standard InChI is InChI=1S/C8H14N2O4S/c1-15-4-7(12)10-5(8(13)14)2-3-6(9)11/h5H,2-4H2,1H3,(H2,9,11)(H,10,12)(H,13,14)/t5-/m1/s1. The Labute approximate surface area is 91.6 Å². The number of carbonyl (C=O) groups is 3.